The van der Waals surface area contributed by atoms with Crippen LogP contribution in [0.15, 0.2) is 24.3 Å². The minimum Gasteiger partial charge on any atom is -0.482 e. The molecule has 1 amide bonds. The second-order valence-corrected chi connectivity index (χ2v) is 3.92. The highest BCUT2D eigenvalue weighted by molar-refractivity contribution is 6.32. The van der Waals surface area contributed by atoms with Gasteiger partial charge >= 0.3 is 0 Å². The Bertz CT molecular complexity index is 415. The SMILES string of the molecule is O=C(COc1ccccc1Cl)NCC(F)(F)CO. The van der Waals surface area contributed by atoms with E-state index in [0.29, 0.717) is 10.8 Å². The lowest BCUT2D eigenvalue weighted by Crippen LogP contribution is -2.40. The summed E-state index contributed by atoms with van der Waals surface area (Å²) in [6.45, 7) is -2.68. The molecule has 0 aliphatic carbocycles. The standard InChI is InChI=1S/C11H12ClF2NO3/c12-8-3-1-2-4-9(8)18-5-10(17)15-6-11(13,14)7-16/h1-4,16H,5-7H2,(H,15,17). The first-order valence-electron chi connectivity index (χ1n) is 5.07. The van der Waals surface area contributed by atoms with E-state index in [9.17, 15) is 13.6 Å². The third-order valence-electron chi connectivity index (χ3n) is 1.97. The minimum atomic E-state index is -3.33. The van der Waals surface area contributed by atoms with Crippen LogP contribution >= 0.6 is 11.6 Å². The van der Waals surface area contributed by atoms with Gasteiger partial charge in [-0.1, -0.05) is 23.7 Å². The summed E-state index contributed by atoms with van der Waals surface area (Å²) in [5, 5.41) is 10.6. The van der Waals surface area contributed by atoms with Gasteiger partial charge in [0.2, 0.25) is 0 Å². The molecule has 0 aliphatic heterocycles. The summed E-state index contributed by atoms with van der Waals surface area (Å²) in [4.78, 5) is 11.2. The molecule has 0 atom stereocenters. The molecule has 18 heavy (non-hydrogen) atoms. The lowest BCUT2D eigenvalue weighted by molar-refractivity contribution is -0.126. The average Bonchev–Trinajstić information content (AvgIpc) is 2.35. The van der Waals surface area contributed by atoms with Crippen molar-refractivity contribution in [2.24, 2.45) is 0 Å². The second-order valence-electron chi connectivity index (χ2n) is 3.51. The van der Waals surface area contributed by atoms with Crippen LogP contribution in [0, 0.1) is 0 Å². The Kier molecular flexibility index (Phi) is 5.30. The van der Waals surface area contributed by atoms with E-state index in [2.05, 4.69) is 0 Å². The smallest absolute Gasteiger partial charge is 0.287 e. The first-order valence-corrected chi connectivity index (χ1v) is 5.45. The highest BCUT2D eigenvalue weighted by atomic mass is 35.5. The molecule has 0 fully saturated rings. The number of halogens is 3. The third kappa shape index (κ3) is 4.85. The number of hydrogen-bond donors (Lipinski definition) is 2. The molecule has 0 saturated heterocycles. The molecule has 0 radical (unpaired) electrons. The van der Waals surface area contributed by atoms with Gasteiger partial charge in [0.15, 0.2) is 6.61 Å². The van der Waals surface area contributed by atoms with Crippen molar-refractivity contribution < 1.29 is 23.4 Å². The highest BCUT2D eigenvalue weighted by Crippen LogP contribution is 2.22. The summed E-state index contributed by atoms with van der Waals surface area (Å²) in [7, 11) is 0. The Balaban J connectivity index is 2.36. The normalized spacial score (nSPS) is 11.1. The summed E-state index contributed by atoms with van der Waals surface area (Å²) in [6.07, 6.45) is 0. The number of hydrogen-bond acceptors (Lipinski definition) is 3. The van der Waals surface area contributed by atoms with Gasteiger partial charge in [0.05, 0.1) is 11.6 Å². The fraction of sp³-hybridized carbons (Fsp3) is 0.364. The van der Waals surface area contributed by atoms with E-state index < -0.39 is 31.6 Å². The summed E-state index contributed by atoms with van der Waals surface area (Å²) in [6, 6.07) is 6.49. The Labute approximate surface area is 108 Å². The van der Waals surface area contributed by atoms with Crippen molar-refractivity contribution in [1.29, 1.82) is 0 Å². The molecule has 7 heteroatoms. The van der Waals surface area contributed by atoms with Crippen LogP contribution in [0.5, 0.6) is 5.75 Å². The molecule has 2 N–H and O–H groups in total. The lowest BCUT2D eigenvalue weighted by Gasteiger charge is -2.14. The molecule has 0 spiro atoms. The van der Waals surface area contributed by atoms with Crippen molar-refractivity contribution in [2.45, 2.75) is 5.92 Å². The van der Waals surface area contributed by atoms with Gasteiger partial charge in [-0.2, -0.15) is 0 Å². The number of nitrogens with one attached hydrogen (secondary N) is 1. The van der Waals surface area contributed by atoms with Gasteiger partial charge in [-0.25, -0.2) is 8.78 Å². The number of aliphatic hydroxyl groups is 1. The number of aliphatic hydroxyl groups excluding tert-OH is 1. The van der Waals surface area contributed by atoms with Crippen LogP contribution in [0.1, 0.15) is 0 Å². The summed E-state index contributed by atoms with van der Waals surface area (Å²) >= 11 is 5.77. The molecule has 0 saturated carbocycles. The molecule has 0 aliphatic rings. The van der Waals surface area contributed by atoms with E-state index in [-0.39, 0.29) is 0 Å². The fourth-order valence-electron chi connectivity index (χ4n) is 1.04. The van der Waals surface area contributed by atoms with Crippen LogP contribution in [0.4, 0.5) is 8.78 Å². The number of rotatable bonds is 6. The van der Waals surface area contributed by atoms with E-state index in [0.717, 1.165) is 0 Å². The van der Waals surface area contributed by atoms with E-state index in [1.165, 1.54) is 0 Å². The van der Waals surface area contributed by atoms with Crippen LogP contribution < -0.4 is 10.1 Å². The van der Waals surface area contributed by atoms with Gasteiger partial charge in [-0.15, -0.1) is 0 Å². The molecular weight excluding hydrogens is 268 g/mol. The maximum absolute atomic E-state index is 12.6. The maximum atomic E-state index is 12.6. The maximum Gasteiger partial charge on any atom is 0.287 e. The average molecular weight is 280 g/mol. The fourth-order valence-corrected chi connectivity index (χ4v) is 1.23. The minimum absolute atomic E-state index is 0.295. The zero-order valence-electron chi connectivity index (χ0n) is 9.33. The first-order chi connectivity index (χ1) is 8.44. The zero-order chi connectivity index (χ0) is 13.6. The zero-order valence-corrected chi connectivity index (χ0v) is 10.1. The molecule has 1 aromatic rings. The van der Waals surface area contributed by atoms with E-state index in [4.69, 9.17) is 21.4 Å². The predicted octanol–water partition coefficient (Wildman–Crippen LogP) is 1.46. The number of ether oxygens (including phenoxy) is 1. The number of alkyl halides is 2. The van der Waals surface area contributed by atoms with Gasteiger partial charge in [-0.05, 0) is 12.1 Å². The Morgan fingerprint density at radius 2 is 2.11 bits per heavy atom. The van der Waals surface area contributed by atoms with E-state index >= 15 is 0 Å². The molecule has 1 rings (SSSR count). The topological polar surface area (TPSA) is 58.6 Å². The summed E-state index contributed by atoms with van der Waals surface area (Å²) < 4.78 is 30.3. The van der Waals surface area contributed by atoms with Crippen molar-refractivity contribution in [3.8, 4) is 5.75 Å². The second kappa shape index (κ2) is 6.51. The lowest BCUT2D eigenvalue weighted by atomic mass is 10.3. The van der Waals surface area contributed by atoms with Crippen LogP contribution in [-0.2, 0) is 4.79 Å². The number of carbonyl (C=O) groups is 1. The molecule has 4 nitrogen and oxygen atoms in total. The van der Waals surface area contributed by atoms with E-state index in [1.807, 2.05) is 5.32 Å². The number of para-hydroxylation sites is 1. The van der Waals surface area contributed by atoms with Gasteiger partial charge in [0.1, 0.15) is 12.4 Å². The molecular formula is C11H12ClF2NO3. The quantitative estimate of drug-likeness (QED) is 0.829. The van der Waals surface area contributed by atoms with Crippen LogP contribution in [0.25, 0.3) is 0 Å². The Morgan fingerprint density at radius 3 is 2.72 bits per heavy atom. The molecule has 0 bridgehead atoms. The summed E-state index contributed by atoms with van der Waals surface area (Å²) in [5.41, 5.74) is 0. The Morgan fingerprint density at radius 1 is 1.44 bits per heavy atom. The predicted molar refractivity (Wildman–Crippen MR) is 62.0 cm³/mol. The number of benzene rings is 1. The van der Waals surface area contributed by atoms with Crippen molar-refractivity contribution in [3.63, 3.8) is 0 Å². The molecule has 0 unspecified atom stereocenters. The first kappa shape index (κ1) is 14.7. The van der Waals surface area contributed by atoms with Crippen molar-refractivity contribution in [3.05, 3.63) is 29.3 Å². The molecule has 0 heterocycles. The highest BCUT2D eigenvalue weighted by Gasteiger charge is 2.28. The molecule has 1 aromatic carbocycles. The third-order valence-corrected chi connectivity index (χ3v) is 2.28. The van der Waals surface area contributed by atoms with Crippen LogP contribution in [0.2, 0.25) is 5.02 Å². The van der Waals surface area contributed by atoms with Crippen molar-refractivity contribution in [2.75, 3.05) is 19.8 Å². The van der Waals surface area contributed by atoms with Crippen molar-refractivity contribution >= 4 is 17.5 Å². The van der Waals surface area contributed by atoms with Gasteiger partial charge < -0.3 is 15.2 Å². The Hall–Kier alpha value is -1.40. The van der Waals surface area contributed by atoms with Gasteiger partial charge in [0, 0.05) is 0 Å². The summed E-state index contributed by atoms with van der Waals surface area (Å²) in [5.74, 6) is -3.76. The molecule has 100 valence electrons. The number of amides is 1. The van der Waals surface area contributed by atoms with Gasteiger partial charge in [0.25, 0.3) is 11.8 Å². The van der Waals surface area contributed by atoms with Crippen LogP contribution in [-0.4, -0.2) is 36.7 Å². The van der Waals surface area contributed by atoms with Gasteiger partial charge in [-0.3, -0.25) is 4.79 Å². The number of carbonyl (C=O) groups excluding carboxylic acids is 1. The monoisotopic (exact) mass is 279 g/mol. The van der Waals surface area contributed by atoms with E-state index in [1.54, 1.807) is 24.3 Å². The van der Waals surface area contributed by atoms with Crippen molar-refractivity contribution in [1.82, 2.24) is 5.32 Å². The molecule has 0 aromatic heterocycles. The van der Waals surface area contributed by atoms with Crippen LogP contribution in [0.3, 0.4) is 0 Å². The largest absolute Gasteiger partial charge is 0.482 e.